The number of rotatable bonds is 71. The lowest BCUT2D eigenvalue weighted by Crippen LogP contribution is -2.30. The number of ether oxygens (including phenoxy) is 4. The molecule has 548 valence electrons. The van der Waals surface area contributed by atoms with Gasteiger partial charge in [0.2, 0.25) is 0 Å². The molecule has 0 saturated heterocycles. The van der Waals surface area contributed by atoms with Crippen LogP contribution in [0.15, 0.2) is 24.3 Å². The number of aliphatic hydroxyl groups is 1. The quantitative estimate of drug-likeness (QED) is 0.0169. The molecular formula is C74H140O17P2. The highest BCUT2D eigenvalue weighted by Gasteiger charge is 2.30. The predicted octanol–water partition coefficient (Wildman–Crippen LogP) is 21.1. The number of phosphoric ester groups is 2. The van der Waals surface area contributed by atoms with E-state index in [4.69, 9.17) is 37.0 Å². The molecule has 6 atom stereocenters. The minimum atomic E-state index is -4.96. The van der Waals surface area contributed by atoms with Gasteiger partial charge in [-0.05, 0) is 63.2 Å². The summed E-state index contributed by atoms with van der Waals surface area (Å²) in [6.45, 7) is 9.45. The van der Waals surface area contributed by atoms with Crippen molar-refractivity contribution in [1.82, 2.24) is 0 Å². The lowest BCUT2D eigenvalue weighted by atomic mass is 9.99. The smallest absolute Gasteiger partial charge is 0.462 e. The number of carbonyl (C=O) groups excluding carboxylic acids is 4. The van der Waals surface area contributed by atoms with E-state index in [1.165, 1.54) is 154 Å². The summed E-state index contributed by atoms with van der Waals surface area (Å²) in [4.78, 5) is 72.7. The third-order valence-electron chi connectivity index (χ3n) is 16.9. The van der Waals surface area contributed by atoms with Gasteiger partial charge in [0.1, 0.15) is 19.3 Å². The summed E-state index contributed by atoms with van der Waals surface area (Å²) in [5, 5.41) is 10.6. The molecule has 0 fully saturated rings. The largest absolute Gasteiger partial charge is 0.472 e. The van der Waals surface area contributed by atoms with Crippen molar-refractivity contribution >= 4 is 39.5 Å². The lowest BCUT2D eigenvalue weighted by Gasteiger charge is -2.21. The van der Waals surface area contributed by atoms with Crippen molar-refractivity contribution in [1.29, 1.82) is 0 Å². The summed E-state index contributed by atoms with van der Waals surface area (Å²) >= 11 is 0. The molecule has 3 N–H and O–H groups in total. The molecule has 0 saturated carbocycles. The SMILES string of the molecule is CCCCCC/C=C\C=C/CCCCCCCC(=O)O[C@H](COC(=O)CCCCCCCCCCCCCCCCC)COP(=O)(O)OC[C@@H](O)COP(=O)(O)OC[C@@H](COC(=O)CCCCCCCCC(C)C)OC(=O)CCCCCCCCCCCCC(C)CC. The normalized spacial score (nSPS) is 14.5. The topological polar surface area (TPSA) is 237 Å². The summed E-state index contributed by atoms with van der Waals surface area (Å²) < 4.78 is 68.4. The van der Waals surface area contributed by atoms with Crippen molar-refractivity contribution in [3.8, 4) is 0 Å². The zero-order chi connectivity index (χ0) is 68.6. The van der Waals surface area contributed by atoms with E-state index in [0.29, 0.717) is 31.6 Å². The molecule has 0 aliphatic heterocycles. The van der Waals surface area contributed by atoms with Crippen LogP contribution in [0.4, 0.5) is 0 Å². The van der Waals surface area contributed by atoms with Crippen molar-refractivity contribution in [3.63, 3.8) is 0 Å². The van der Waals surface area contributed by atoms with Crippen molar-refractivity contribution < 1.29 is 80.2 Å². The third-order valence-corrected chi connectivity index (χ3v) is 18.8. The molecule has 0 aromatic carbocycles. The van der Waals surface area contributed by atoms with Crippen LogP contribution >= 0.6 is 15.6 Å². The second-order valence-electron chi connectivity index (χ2n) is 26.7. The molecular weight excluding hydrogens is 1220 g/mol. The van der Waals surface area contributed by atoms with Crippen LogP contribution in [-0.2, 0) is 65.4 Å². The van der Waals surface area contributed by atoms with Gasteiger partial charge in [-0.2, -0.15) is 0 Å². The fourth-order valence-corrected chi connectivity index (χ4v) is 12.3. The van der Waals surface area contributed by atoms with Gasteiger partial charge in [0.05, 0.1) is 26.4 Å². The monoisotopic (exact) mass is 1360 g/mol. The van der Waals surface area contributed by atoms with Gasteiger partial charge < -0.3 is 33.8 Å². The van der Waals surface area contributed by atoms with Crippen molar-refractivity contribution in [2.24, 2.45) is 11.8 Å². The summed E-state index contributed by atoms with van der Waals surface area (Å²) in [5.74, 6) is -0.672. The van der Waals surface area contributed by atoms with Crippen LogP contribution < -0.4 is 0 Å². The second-order valence-corrected chi connectivity index (χ2v) is 29.6. The molecule has 0 aliphatic carbocycles. The molecule has 0 rings (SSSR count). The molecule has 93 heavy (non-hydrogen) atoms. The maximum Gasteiger partial charge on any atom is 0.472 e. The first-order valence-corrected chi connectivity index (χ1v) is 40.8. The maximum absolute atomic E-state index is 13.1. The number of allylic oxidation sites excluding steroid dienone is 4. The number of carbonyl (C=O) groups is 4. The molecule has 0 heterocycles. The molecule has 19 heteroatoms. The summed E-state index contributed by atoms with van der Waals surface area (Å²) in [6, 6.07) is 0. The number of hydrogen-bond acceptors (Lipinski definition) is 15. The Bertz CT molecular complexity index is 1900. The summed E-state index contributed by atoms with van der Waals surface area (Å²) in [6.07, 6.45) is 54.9. The third kappa shape index (κ3) is 66.6. The van der Waals surface area contributed by atoms with Crippen molar-refractivity contribution in [2.75, 3.05) is 39.6 Å². The van der Waals surface area contributed by atoms with E-state index in [2.05, 4.69) is 65.8 Å². The number of esters is 4. The molecule has 0 aromatic rings. The predicted molar refractivity (Wildman–Crippen MR) is 377 cm³/mol. The van der Waals surface area contributed by atoms with Gasteiger partial charge >= 0.3 is 39.5 Å². The number of unbranched alkanes of at least 4 members (excludes halogenated alkanes) is 37. The first kappa shape index (κ1) is 90.5. The fourth-order valence-electron chi connectivity index (χ4n) is 10.7. The van der Waals surface area contributed by atoms with E-state index in [0.717, 1.165) is 115 Å². The molecule has 0 aromatic heterocycles. The Hall–Kier alpha value is -2.46. The van der Waals surface area contributed by atoms with Gasteiger partial charge in [0.25, 0.3) is 0 Å². The Morgan fingerprint density at radius 2 is 0.634 bits per heavy atom. The van der Waals surface area contributed by atoms with E-state index in [-0.39, 0.29) is 25.7 Å². The minimum Gasteiger partial charge on any atom is -0.462 e. The molecule has 0 radical (unpaired) electrons. The number of hydrogen-bond donors (Lipinski definition) is 3. The van der Waals surface area contributed by atoms with E-state index in [9.17, 15) is 43.2 Å². The molecule has 17 nitrogen and oxygen atoms in total. The molecule has 3 unspecified atom stereocenters. The molecule has 0 spiro atoms. The Morgan fingerprint density at radius 3 is 0.968 bits per heavy atom. The Morgan fingerprint density at radius 1 is 0.355 bits per heavy atom. The van der Waals surface area contributed by atoms with E-state index >= 15 is 0 Å². The standard InChI is InChI=1S/C74H140O17P2/c1-7-10-12-14-16-18-20-22-24-26-28-33-37-44-50-56-71(76)84-62-69(90-73(78)58-52-46-38-34-29-27-25-23-21-19-17-15-13-11-8-2)64-88-92(80,81)86-60-68(75)61-87-93(82,83)89-65-70(63-85-72(77)57-51-45-41-40-42-48-54-66(4)5)91-74(79)59-53-47-39-35-31-30-32-36-43-49-55-67(6)9-3/h19,21,23,25,66-70,75H,7-18,20,22,24,26-65H2,1-6H3,(H,80,81)(H,82,83)/b21-19-,25-23-/t67?,68-,69-,70-/m1/s1. The number of phosphoric acid groups is 2. The van der Waals surface area contributed by atoms with Crippen LogP contribution in [0.1, 0.15) is 356 Å². The summed E-state index contributed by atoms with van der Waals surface area (Å²) in [5.41, 5.74) is 0. The average Bonchev–Trinajstić information content (AvgIpc) is 2.33. The van der Waals surface area contributed by atoms with Crippen LogP contribution in [0.25, 0.3) is 0 Å². The van der Waals surface area contributed by atoms with Gasteiger partial charge in [0.15, 0.2) is 12.2 Å². The van der Waals surface area contributed by atoms with Crippen LogP contribution in [0.3, 0.4) is 0 Å². The van der Waals surface area contributed by atoms with E-state index < -0.39 is 97.5 Å². The van der Waals surface area contributed by atoms with Crippen LogP contribution in [0.2, 0.25) is 0 Å². The summed E-state index contributed by atoms with van der Waals surface area (Å²) in [7, 11) is -9.92. The zero-order valence-electron chi connectivity index (χ0n) is 60.0. The molecule has 0 bridgehead atoms. The fraction of sp³-hybridized carbons (Fsp3) is 0.892. The Labute approximate surface area is 567 Å². The average molecular weight is 1360 g/mol. The van der Waals surface area contributed by atoms with Crippen LogP contribution in [-0.4, -0.2) is 96.7 Å². The van der Waals surface area contributed by atoms with Crippen LogP contribution in [0, 0.1) is 11.8 Å². The number of aliphatic hydroxyl groups excluding tert-OH is 1. The highest BCUT2D eigenvalue weighted by atomic mass is 31.2. The van der Waals surface area contributed by atoms with E-state index in [1.807, 2.05) is 0 Å². The van der Waals surface area contributed by atoms with Crippen molar-refractivity contribution in [3.05, 3.63) is 24.3 Å². The first-order valence-electron chi connectivity index (χ1n) is 37.8. The van der Waals surface area contributed by atoms with E-state index in [1.54, 1.807) is 0 Å². The Kier molecular flexibility index (Phi) is 63.7. The maximum atomic E-state index is 13.1. The van der Waals surface area contributed by atoms with Gasteiger partial charge in [-0.3, -0.25) is 37.3 Å². The molecule has 0 aliphatic rings. The van der Waals surface area contributed by atoms with Gasteiger partial charge in [-0.25, -0.2) is 9.13 Å². The highest BCUT2D eigenvalue weighted by Crippen LogP contribution is 2.45. The molecule has 0 amide bonds. The first-order chi connectivity index (χ1) is 44.9. The van der Waals surface area contributed by atoms with Gasteiger partial charge in [-0.15, -0.1) is 0 Å². The van der Waals surface area contributed by atoms with Gasteiger partial charge in [0, 0.05) is 25.7 Å². The van der Waals surface area contributed by atoms with Crippen molar-refractivity contribution in [2.45, 2.75) is 374 Å². The second kappa shape index (κ2) is 65.5. The van der Waals surface area contributed by atoms with Gasteiger partial charge in [-0.1, -0.05) is 303 Å². The highest BCUT2D eigenvalue weighted by molar-refractivity contribution is 7.47. The lowest BCUT2D eigenvalue weighted by molar-refractivity contribution is -0.161. The minimum absolute atomic E-state index is 0.0852. The van der Waals surface area contributed by atoms with Crippen LogP contribution in [0.5, 0.6) is 0 Å². The zero-order valence-corrected chi connectivity index (χ0v) is 61.8. The Balaban J connectivity index is 5.28.